The Hall–Kier alpha value is -1.06. The molecule has 0 aliphatic carbocycles. The SMILES string of the molecule is CCCCC(CC)c1ccc(F)c(C(F)(F)F)c1. The molecule has 4 heteroatoms. The Bertz CT molecular complexity index is 382. The molecule has 1 aromatic carbocycles. The van der Waals surface area contributed by atoms with Gasteiger partial charge in [-0.1, -0.05) is 32.8 Å². The number of rotatable bonds is 5. The molecule has 0 spiro atoms. The van der Waals surface area contributed by atoms with Crippen LogP contribution in [0, 0.1) is 5.82 Å². The summed E-state index contributed by atoms with van der Waals surface area (Å²) in [6, 6.07) is 3.35. The summed E-state index contributed by atoms with van der Waals surface area (Å²) in [6.07, 6.45) is -1.04. The molecule has 0 aliphatic heterocycles. The first-order chi connectivity index (χ1) is 8.40. The van der Waals surface area contributed by atoms with Crippen LogP contribution in [0.1, 0.15) is 56.6 Å². The minimum Gasteiger partial charge on any atom is -0.206 e. The number of unbranched alkanes of at least 4 members (excludes halogenated alkanes) is 1. The number of hydrogen-bond acceptors (Lipinski definition) is 0. The summed E-state index contributed by atoms with van der Waals surface area (Å²) in [5.41, 5.74) is -0.574. The highest BCUT2D eigenvalue weighted by Crippen LogP contribution is 2.35. The minimum absolute atomic E-state index is 0.0756. The summed E-state index contributed by atoms with van der Waals surface area (Å²) in [5.74, 6) is -1.12. The van der Waals surface area contributed by atoms with Crippen LogP contribution in [0.2, 0.25) is 0 Å². The average Bonchev–Trinajstić information content (AvgIpc) is 2.30. The van der Waals surface area contributed by atoms with E-state index in [-0.39, 0.29) is 5.92 Å². The van der Waals surface area contributed by atoms with Crippen molar-refractivity contribution < 1.29 is 17.6 Å². The zero-order chi connectivity index (χ0) is 13.8. The molecule has 18 heavy (non-hydrogen) atoms. The first-order valence-corrected chi connectivity index (χ1v) is 6.26. The van der Waals surface area contributed by atoms with Gasteiger partial charge in [0.1, 0.15) is 5.82 Å². The van der Waals surface area contributed by atoms with Crippen LogP contribution >= 0.6 is 0 Å². The van der Waals surface area contributed by atoms with Gasteiger partial charge in [-0.25, -0.2) is 4.39 Å². The van der Waals surface area contributed by atoms with E-state index in [1.165, 1.54) is 6.07 Å². The van der Waals surface area contributed by atoms with Crippen LogP contribution in [-0.4, -0.2) is 0 Å². The highest BCUT2D eigenvalue weighted by atomic mass is 19.4. The normalized spacial score (nSPS) is 13.7. The number of hydrogen-bond donors (Lipinski definition) is 0. The van der Waals surface area contributed by atoms with Gasteiger partial charge in [0, 0.05) is 0 Å². The van der Waals surface area contributed by atoms with Crippen molar-refractivity contribution in [2.45, 2.75) is 51.6 Å². The van der Waals surface area contributed by atoms with Crippen molar-refractivity contribution in [1.82, 2.24) is 0 Å². The topological polar surface area (TPSA) is 0 Å². The van der Waals surface area contributed by atoms with Gasteiger partial charge in [-0.3, -0.25) is 0 Å². The predicted molar refractivity (Wildman–Crippen MR) is 64.0 cm³/mol. The van der Waals surface area contributed by atoms with Crippen molar-refractivity contribution >= 4 is 0 Å². The highest BCUT2D eigenvalue weighted by Gasteiger charge is 2.34. The second kappa shape index (κ2) is 6.21. The smallest absolute Gasteiger partial charge is 0.206 e. The van der Waals surface area contributed by atoms with Crippen molar-refractivity contribution in [2.75, 3.05) is 0 Å². The van der Waals surface area contributed by atoms with Crippen LogP contribution in [0.4, 0.5) is 17.6 Å². The van der Waals surface area contributed by atoms with Gasteiger partial charge in [-0.15, -0.1) is 0 Å². The van der Waals surface area contributed by atoms with Crippen molar-refractivity contribution in [3.05, 3.63) is 35.1 Å². The molecular formula is C14H18F4. The van der Waals surface area contributed by atoms with E-state index in [0.29, 0.717) is 5.56 Å². The Labute approximate surface area is 105 Å². The van der Waals surface area contributed by atoms with Gasteiger partial charge in [-0.2, -0.15) is 13.2 Å². The van der Waals surface area contributed by atoms with E-state index >= 15 is 0 Å². The van der Waals surface area contributed by atoms with Crippen LogP contribution in [0.3, 0.4) is 0 Å². The van der Waals surface area contributed by atoms with Crippen LogP contribution < -0.4 is 0 Å². The molecule has 0 heterocycles. The van der Waals surface area contributed by atoms with Gasteiger partial charge >= 0.3 is 6.18 Å². The standard InChI is InChI=1S/C14H18F4/c1-3-5-6-10(4-2)11-7-8-13(15)12(9-11)14(16,17)18/h7-10H,3-6H2,1-2H3. The lowest BCUT2D eigenvalue weighted by atomic mass is 9.90. The third kappa shape index (κ3) is 3.72. The zero-order valence-corrected chi connectivity index (χ0v) is 10.6. The van der Waals surface area contributed by atoms with E-state index in [1.54, 1.807) is 0 Å². The van der Waals surface area contributed by atoms with E-state index in [4.69, 9.17) is 0 Å². The molecule has 0 fully saturated rings. The van der Waals surface area contributed by atoms with Gasteiger partial charge in [-0.05, 0) is 36.5 Å². The molecule has 0 bridgehead atoms. The van der Waals surface area contributed by atoms with Crippen LogP contribution in [0.5, 0.6) is 0 Å². The quantitative estimate of drug-likeness (QED) is 0.612. The third-order valence-corrected chi connectivity index (χ3v) is 3.17. The second-order valence-electron chi connectivity index (χ2n) is 4.48. The fourth-order valence-corrected chi connectivity index (χ4v) is 2.07. The third-order valence-electron chi connectivity index (χ3n) is 3.17. The molecule has 0 amide bonds. The lowest BCUT2D eigenvalue weighted by Gasteiger charge is -2.17. The van der Waals surface area contributed by atoms with Gasteiger partial charge in [0.25, 0.3) is 0 Å². The van der Waals surface area contributed by atoms with E-state index in [1.807, 2.05) is 13.8 Å². The Morgan fingerprint density at radius 3 is 2.33 bits per heavy atom. The molecule has 0 aliphatic rings. The Balaban J connectivity index is 3.02. The summed E-state index contributed by atoms with van der Waals surface area (Å²) >= 11 is 0. The highest BCUT2D eigenvalue weighted by molar-refractivity contribution is 5.29. The van der Waals surface area contributed by atoms with Crippen LogP contribution in [0.25, 0.3) is 0 Å². The van der Waals surface area contributed by atoms with Crippen molar-refractivity contribution in [3.63, 3.8) is 0 Å². The molecule has 1 aromatic rings. The molecular weight excluding hydrogens is 244 g/mol. The molecule has 0 saturated heterocycles. The van der Waals surface area contributed by atoms with Crippen molar-refractivity contribution in [3.8, 4) is 0 Å². The lowest BCUT2D eigenvalue weighted by Crippen LogP contribution is -2.10. The summed E-state index contributed by atoms with van der Waals surface area (Å²) in [5, 5.41) is 0. The van der Waals surface area contributed by atoms with Crippen LogP contribution in [0.15, 0.2) is 18.2 Å². The van der Waals surface area contributed by atoms with E-state index in [9.17, 15) is 17.6 Å². The van der Waals surface area contributed by atoms with E-state index in [0.717, 1.165) is 37.8 Å². The molecule has 102 valence electrons. The minimum atomic E-state index is -4.62. The van der Waals surface area contributed by atoms with Crippen molar-refractivity contribution in [1.29, 1.82) is 0 Å². The summed E-state index contributed by atoms with van der Waals surface area (Å²) < 4.78 is 51.0. The summed E-state index contributed by atoms with van der Waals surface area (Å²) in [4.78, 5) is 0. The summed E-state index contributed by atoms with van der Waals surface area (Å²) in [6.45, 7) is 3.98. The molecule has 0 N–H and O–H groups in total. The predicted octanol–water partition coefficient (Wildman–Crippen LogP) is 5.53. The maximum Gasteiger partial charge on any atom is 0.419 e. The average molecular weight is 262 g/mol. The zero-order valence-electron chi connectivity index (χ0n) is 10.6. The van der Waals surface area contributed by atoms with Gasteiger partial charge < -0.3 is 0 Å². The largest absolute Gasteiger partial charge is 0.419 e. The number of benzene rings is 1. The first-order valence-electron chi connectivity index (χ1n) is 6.26. The van der Waals surface area contributed by atoms with Gasteiger partial charge in [0.05, 0.1) is 5.56 Å². The molecule has 0 nitrogen and oxygen atoms in total. The fourth-order valence-electron chi connectivity index (χ4n) is 2.07. The monoisotopic (exact) mass is 262 g/mol. The lowest BCUT2D eigenvalue weighted by molar-refractivity contribution is -0.140. The number of alkyl halides is 3. The molecule has 1 atom stereocenters. The van der Waals surface area contributed by atoms with Crippen molar-refractivity contribution in [2.24, 2.45) is 0 Å². The molecule has 0 aromatic heterocycles. The van der Waals surface area contributed by atoms with Gasteiger partial charge in [0.15, 0.2) is 0 Å². The maximum atomic E-state index is 13.2. The second-order valence-corrected chi connectivity index (χ2v) is 4.48. The molecule has 1 unspecified atom stereocenters. The first kappa shape index (κ1) is 15.0. The molecule has 0 saturated carbocycles. The fraction of sp³-hybridized carbons (Fsp3) is 0.571. The molecule has 1 rings (SSSR count). The Kier molecular flexibility index (Phi) is 5.17. The van der Waals surface area contributed by atoms with Gasteiger partial charge in [0.2, 0.25) is 0 Å². The molecule has 0 radical (unpaired) electrons. The number of halogens is 4. The maximum absolute atomic E-state index is 13.2. The van der Waals surface area contributed by atoms with E-state index in [2.05, 4.69) is 0 Å². The summed E-state index contributed by atoms with van der Waals surface area (Å²) in [7, 11) is 0. The van der Waals surface area contributed by atoms with Crippen LogP contribution in [-0.2, 0) is 6.18 Å². The van der Waals surface area contributed by atoms with E-state index < -0.39 is 17.6 Å². The Morgan fingerprint density at radius 1 is 1.17 bits per heavy atom. The Morgan fingerprint density at radius 2 is 1.83 bits per heavy atom.